The molecule has 0 amide bonds. The monoisotopic (exact) mass is 594 g/mol. The summed E-state index contributed by atoms with van der Waals surface area (Å²) in [5.41, 5.74) is 5.75. The van der Waals surface area contributed by atoms with Crippen molar-refractivity contribution >= 4 is 39.0 Å². The van der Waals surface area contributed by atoms with E-state index < -0.39 is 77.8 Å². The number of fused-ring (bicyclic) bond motifs is 1. The molecule has 1 aromatic heterocycles. The standard InChI is InChI=1S/C21H22F3N4O7PS2/c1-10-14-15(23)17(34-6-4-25)18(35-7-5-26)16(24)19(14)37-21(10)38(32,33)28-20(36(29,30)31)11-2-3-12(9-27)13(22)8-11/h2-3,8,20,28H,4-7,25-26H2,1H3,(H2,29,30,31). The molecule has 0 aliphatic carbocycles. The first-order valence-electron chi connectivity index (χ1n) is 10.8. The summed E-state index contributed by atoms with van der Waals surface area (Å²) in [6.45, 7) is 1.33. The number of hydrogen-bond acceptors (Lipinski definition) is 9. The Morgan fingerprint density at radius 2 is 1.71 bits per heavy atom. The van der Waals surface area contributed by atoms with Crippen LogP contribution in [-0.4, -0.2) is 34.7 Å². The molecular formula is C21H22F3N4O7PS2. The van der Waals surface area contributed by atoms with Crippen molar-refractivity contribution < 1.29 is 56.9 Å². The van der Waals surface area contributed by atoms with E-state index in [1.54, 1.807) is 4.72 Å². The molecule has 0 aliphatic rings. The average Bonchev–Trinajstić information content (AvgIpc) is 3.21. The predicted molar refractivity (Wildman–Crippen MR) is 125 cm³/mol. The van der Waals surface area contributed by atoms with Gasteiger partial charge in [0, 0.05) is 5.39 Å². The van der Waals surface area contributed by atoms with Gasteiger partial charge in [0.05, 0.1) is 16.0 Å². The van der Waals surface area contributed by atoms with Gasteiger partial charge >= 0.3 is 0 Å². The third-order valence-electron chi connectivity index (χ3n) is 5.16. The molecule has 2 aromatic carbocycles. The summed E-state index contributed by atoms with van der Waals surface area (Å²) >= 11 is 0.269. The van der Waals surface area contributed by atoms with Gasteiger partial charge < -0.3 is 35.3 Å². The molecule has 3 aromatic rings. The Balaban J connectivity index is 2.18. The molecule has 1 unspecified atom stereocenters. The lowest BCUT2D eigenvalue weighted by molar-refractivity contribution is -0.372. The van der Waals surface area contributed by atoms with Crippen LogP contribution in [0.2, 0.25) is 0 Å². The number of benzene rings is 2. The molecule has 38 heavy (non-hydrogen) atoms. The van der Waals surface area contributed by atoms with Gasteiger partial charge in [-0.3, -0.25) is 0 Å². The Bertz CT molecular complexity index is 1570. The summed E-state index contributed by atoms with van der Waals surface area (Å²) in [7, 11) is -10.7. The van der Waals surface area contributed by atoms with Crippen molar-refractivity contribution in [1.29, 1.82) is 5.26 Å². The van der Waals surface area contributed by atoms with Crippen LogP contribution in [0.4, 0.5) is 13.2 Å². The smallest absolute Gasteiger partial charge is 0.251 e. The summed E-state index contributed by atoms with van der Waals surface area (Å²) < 4.78 is 94.6. The highest BCUT2D eigenvalue weighted by Crippen LogP contribution is 2.48. The zero-order valence-corrected chi connectivity index (χ0v) is 22.3. The first-order valence-corrected chi connectivity index (χ1v) is 14.7. The van der Waals surface area contributed by atoms with Crippen molar-refractivity contribution in [1.82, 2.24) is 4.72 Å². The number of nitrogens with zero attached hydrogens (tertiary/aromatic N) is 1. The summed E-state index contributed by atoms with van der Waals surface area (Å²) in [5.74, 6) is -7.10. The fraction of sp³-hybridized carbons (Fsp3) is 0.286. The molecule has 17 heteroatoms. The maximum Gasteiger partial charge on any atom is 0.251 e. The lowest BCUT2D eigenvalue weighted by Gasteiger charge is -2.38. The number of halogens is 3. The van der Waals surface area contributed by atoms with Crippen LogP contribution in [0.25, 0.3) is 10.1 Å². The van der Waals surface area contributed by atoms with Crippen molar-refractivity contribution in [3.63, 3.8) is 0 Å². The molecular weight excluding hydrogens is 572 g/mol. The van der Waals surface area contributed by atoms with E-state index in [0.717, 1.165) is 19.1 Å². The number of hydrogen-bond donors (Lipinski definition) is 3. The molecule has 0 aliphatic heterocycles. The van der Waals surface area contributed by atoms with Crippen LogP contribution in [-0.2, 0) is 14.6 Å². The Morgan fingerprint density at radius 3 is 2.21 bits per heavy atom. The first kappa shape index (κ1) is 29.8. The minimum Gasteiger partial charge on any atom is -0.809 e. The topological polar surface area (TPSA) is 207 Å². The third kappa shape index (κ3) is 5.80. The van der Waals surface area contributed by atoms with E-state index in [4.69, 9.17) is 14.7 Å². The Kier molecular flexibility index (Phi) is 9.07. The zero-order valence-electron chi connectivity index (χ0n) is 19.8. The van der Waals surface area contributed by atoms with Gasteiger partial charge in [-0.25, -0.2) is 21.6 Å². The van der Waals surface area contributed by atoms with Crippen LogP contribution in [0, 0.1) is 35.7 Å². The average molecular weight is 595 g/mol. The number of nitriles is 1. The minimum absolute atomic E-state index is 0.106. The van der Waals surface area contributed by atoms with Crippen molar-refractivity contribution in [2.75, 3.05) is 26.3 Å². The van der Waals surface area contributed by atoms with Crippen LogP contribution in [0.15, 0.2) is 22.4 Å². The number of thiophene rings is 1. The van der Waals surface area contributed by atoms with E-state index in [9.17, 15) is 27.2 Å². The quantitative estimate of drug-likeness (QED) is 0.249. The molecule has 1 atom stereocenters. The number of ether oxygens (including phenoxy) is 2. The van der Waals surface area contributed by atoms with Gasteiger partial charge in [-0.2, -0.15) is 9.98 Å². The Hall–Kier alpha value is -2.74. The van der Waals surface area contributed by atoms with Crippen LogP contribution >= 0.6 is 18.9 Å². The second kappa shape index (κ2) is 11.6. The maximum absolute atomic E-state index is 15.5. The minimum atomic E-state index is -5.80. The van der Waals surface area contributed by atoms with Crippen LogP contribution in [0.3, 0.4) is 0 Å². The van der Waals surface area contributed by atoms with Gasteiger partial charge in [-0.1, -0.05) is 6.07 Å². The van der Waals surface area contributed by atoms with Gasteiger partial charge in [-0.05, 0) is 37.8 Å². The van der Waals surface area contributed by atoms with Gasteiger partial charge in [0.2, 0.25) is 11.5 Å². The van der Waals surface area contributed by atoms with E-state index in [2.05, 4.69) is 11.5 Å². The summed E-state index contributed by atoms with van der Waals surface area (Å²) in [6, 6.07) is 3.81. The summed E-state index contributed by atoms with van der Waals surface area (Å²) in [6.07, 6.45) is 0. The molecule has 206 valence electrons. The van der Waals surface area contributed by atoms with Gasteiger partial charge in [0.25, 0.3) is 10.0 Å². The second-order valence-corrected chi connectivity index (χ2v) is 12.3. The molecule has 7 N–H and O–H groups in total. The molecule has 0 saturated heterocycles. The van der Waals surface area contributed by atoms with Gasteiger partial charge in [-0.15, -0.1) is 11.3 Å². The van der Waals surface area contributed by atoms with Crippen LogP contribution < -0.4 is 35.4 Å². The molecule has 3 rings (SSSR count). The van der Waals surface area contributed by atoms with E-state index >= 15 is 8.78 Å². The van der Waals surface area contributed by atoms with E-state index in [1.165, 1.54) is 6.07 Å². The maximum atomic E-state index is 15.5. The van der Waals surface area contributed by atoms with E-state index in [0.29, 0.717) is 6.07 Å². The number of rotatable bonds is 11. The number of nitrogens with one attached hydrogen (secondary N) is 1. The Labute approximate surface area is 219 Å². The number of sulfonamides is 1. The number of quaternary nitrogens is 2. The van der Waals surface area contributed by atoms with Crippen molar-refractivity contribution in [3.8, 4) is 17.6 Å². The van der Waals surface area contributed by atoms with Crippen molar-refractivity contribution in [2.24, 2.45) is 0 Å². The first-order chi connectivity index (χ1) is 17.8. The molecule has 0 radical (unpaired) electrons. The Morgan fingerprint density at radius 1 is 1.13 bits per heavy atom. The highest BCUT2D eigenvalue weighted by Gasteiger charge is 2.33. The van der Waals surface area contributed by atoms with Gasteiger partial charge in [0.1, 0.15) is 42.4 Å². The van der Waals surface area contributed by atoms with Crippen LogP contribution in [0.5, 0.6) is 11.5 Å². The summed E-state index contributed by atoms with van der Waals surface area (Å²) in [5, 5.41) is 8.40. The highest BCUT2D eigenvalue weighted by molar-refractivity contribution is 7.92. The molecule has 0 fully saturated rings. The second-order valence-electron chi connectivity index (χ2n) is 7.82. The fourth-order valence-corrected chi connectivity index (χ4v) is 7.80. The largest absolute Gasteiger partial charge is 0.809 e. The molecule has 11 nitrogen and oxygen atoms in total. The molecule has 0 bridgehead atoms. The van der Waals surface area contributed by atoms with Gasteiger partial charge in [0.15, 0.2) is 11.6 Å². The molecule has 0 saturated carbocycles. The normalized spacial score (nSPS) is 12.9. The van der Waals surface area contributed by atoms with E-state index in [-0.39, 0.29) is 43.2 Å². The SMILES string of the molecule is Cc1c(S(=O)(=O)NC(c2ccc(C#N)c(F)c2)P(=O)([O-])[O-])sc2c(F)c(OCC[NH3+])c(OCC[NH3+])c(F)c12. The van der Waals surface area contributed by atoms with Crippen LogP contribution in [0.1, 0.15) is 22.5 Å². The predicted octanol–water partition coefficient (Wildman–Crippen LogP) is -0.369. The lowest BCUT2D eigenvalue weighted by Crippen LogP contribution is -2.53. The summed E-state index contributed by atoms with van der Waals surface area (Å²) in [4.78, 5) is 23.9. The fourth-order valence-electron chi connectivity index (χ4n) is 3.50. The zero-order chi connectivity index (χ0) is 28.4. The highest BCUT2D eigenvalue weighted by atomic mass is 32.2. The van der Waals surface area contributed by atoms with E-state index in [1.807, 2.05) is 0 Å². The van der Waals surface area contributed by atoms with Crippen molar-refractivity contribution in [2.45, 2.75) is 16.9 Å². The van der Waals surface area contributed by atoms with Crippen molar-refractivity contribution in [3.05, 3.63) is 52.3 Å². The third-order valence-corrected chi connectivity index (χ3v) is 9.73. The molecule has 0 spiro atoms. The lowest BCUT2D eigenvalue weighted by atomic mass is 10.1. The molecule has 1 heterocycles. The number of aryl methyl sites for hydroxylation is 1.